The maximum absolute atomic E-state index is 11.7. The molecule has 0 saturated heterocycles. The van der Waals surface area contributed by atoms with Gasteiger partial charge in [0, 0.05) is 0 Å². The minimum absolute atomic E-state index is 0.237. The lowest BCUT2D eigenvalue weighted by Crippen LogP contribution is -2.31. The fraction of sp³-hybridized carbons (Fsp3) is 0.417. The van der Waals surface area contributed by atoms with Gasteiger partial charge in [0.1, 0.15) is 5.75 Å². The Balaban J connectivity index is 2.63. The molecule has 0 atom stereocenters. The Kier molecular flexibility index (Phi) is 3.86. The first kappa shape index (κ1) is 11.7. The van der Waals surface area contributed by atoms with Crippen molar-refractivity contribution in [2.24, 2.45) is 11.1 Å². The molecule has 0 amide bonds. The lowest BCUT2D eigenvalue weighted by atomic mass is 9.90. The highest BCUT2D eigenvalue weighted by atomic mass is 16.5. The molecule has 0 radical (unpaired) electrons. The van der Waals surface area contributed by atoms with Gasteiger partial charge in [-0.2, -0.15) is 0 Å². The molecule has 82 valence electrons. The Morgan fingerprint density at radius 1 is 1.33 bits per heavy atom. The van der Waals surface area contributed by atoms with E-state index in [1.54, 1.807) is 12.1 Å². The predicted octanol–water partition coefficient (Wildman–Crippen LogP) is 1.97. The van der Waals surface area contributed by atoms with Crippen molar-refractivity contribution in [1.29, 1.82) is 0 Å². The van der Waals surface area contributed by atoms with E-state index < -0.39 is 5.41 Å². The number of rotatable bonds is 4. The van der Waals surface area contributed by atoms with Crippen LogP contribution in [-0.2, 0) is 4.79 Å². The van der Waals surface area contributed by atoms with Crippen LogP contribution in [-0.4, -0.2) is 12.5 Å². The van der Waals surface area contributed by atoms with Gasteiger partial charge in [0.05, 0.1) is 5.41 Å². The molecule has 0 aliphatic carbocycles. The van der Waals surface area contributed by atoms with E-state index in [9.17, 15) is 4.79 Å². The van der Waals surface area contributed by atoms with E-state index in [2.05, 4.69) is 0 Å². The number of carbonyl (C=O) groups is 1. The van der Waals surface area contributed by atoms with Crippen LogP contribution >= 0.6 is 0 Å². The molecule has 0 spiro atoms. The van der Waals surface area contributed by atoms with Crippen LogP contribution in [0.2, 0.25) is 0 Å². The van der Waals surface area contributed by atoms with Gasteiger partial charge in [-0.3, -0.25) is 4.79 Å². The lowest BCUT2D eigenvalue weighted by Gasteiger charge is -2.21. The van der Waals surface area contributed by atoms with Crippen molar-refractivity contribution < 1.29 is 9.53 Å². The molecule has 15 heavy (non-hydrogen) atoms. The van der Waals surface area contributed by atoms with Crippen molar-refractivity contribution in [3.05, 3.63) is 30.3 Å². The van der Waals surface area contributed by atoms with E-state index in [0.717, 1.165) is 0 Å². The predicted molar refractivity (Wildman–Crippen MR) is 59.5 cm³/mol. The van der Waals surface area contributed by atoms with Crippen molar-refractivity contribution in [3.8, 4) is 5.75 Å². The number of benzene rings is 1. The average Bonchev–Trinajstić information content (AvgIpc) is 2.19. The van der Waals surface area contributed by atoms with Gasteiger partial charge in [0.25, 0.3) is 0 Å². The summed E-state index contributed by atoms with van der Waals surface area (Å²) in [4.78, 5) is 11.7. The van der Waals surface area contributed by atoms with Crippen molar-refractivity contribution in [2.75, 3.05) is 6.54 Å². The fourth-order valence-corrected chi connectivity index (χ4v) is 1.20. The smallest absolute Gasteiger partial charge is 0.316 e. The largest absolute Gasteiger partial charge is 0.426 e. The molecule has 0 heterocycles. The Bertz CT molecular complexity index is 320. The number of hydrogen-bond donors (Lipinski definition) is 1. The van der Waals surface area contributed by atoms with E-state index in [1.807, 2.05) is 32.0 Å². The number of nitrogens with two attached hydrogens (primary N) is 1. The zero-order valence-corrected chi connectivity index (χ0v) is 9.19. The summed E-state index contributed by atoms with van der Waals surface area (Å²) < 4.78 is 5.24. The number of para-hydroxylation sites is 1. The van der Waals surface area contributed by atoms with E-state index in [4.69, 9.17) is 10.5 Å². The maximum Gasteiger partial charge on any atom is 0.316 e. The highest BCUT2D eigenvalue weighted by Crippen LogP contribution is 2.23. The van der Waals surface area contributed by atoms with E-state index in [1.165, 1.54) is 0 Å². The Labute approximate surface area is 90.2 Å². The molecule has 0 fully saturated rings. The monoisotopic (exact) mass is 207 g/mol. The first-order chi connectivity index (χ1) is 7.06. The second-order valence-electron chi connectivity index (χ2n) is 4.13. The van der Waals surface area contributed by atoms with Gasteiger partial charge in [0.15, 0.2) is 0 Å². The van der Waals surface area contributed by atoms with Gasteiger partial charge in [-0.1, -0.05) is 18.2 Å². The number of esters is 1. The van der Waals surface area contributed by atoms with Gasteiger partial charge in [0.2, 0.25) is 0 Å². The minimum atomic E-state index is -0.523. The molecule has 0 saturated carbocycles. The first-order valence-electron chi connectivity index (χ1n) is 5.03. The molecular weight excluding hydrogens is 190 g/mol. The van der Waals surface area contributed by atoms with E-state index in [-0.39, 0.29) is 5.97 Å². The molecule has 1 rings (SSSR count). The third kappa shape index (κ3) is 3.36. The van der Waals surface area contributed by atoms with Crippen LogP contribution in [0.4, 0.5) is 0 Å². The minimum Gasteiger partial charge on any atom is -0.426 e. The van der Waals surface area contributed by atoms with Crippen LogP contribution in [0.15, 0.2) is 30.3 Å². The number of ether oxygens (including phenoxy) is 1. The van der Waals surface area contributed by atoms with Crippen LogP contribution in [0.3, 0.4) is 0 Å². The van der Waals surface area contributed by atoms with Crippen LogP contribution in [0.1, 0.15) is 20.3 Å². The third-order valence-electron chi connectivity index (χ3n) is 2.28. The second-order valence-corrected chi connectivity index (χ2v) is 4.13. The topological polar surface area (TPSA) is 52.3 Å². The van der Waals surface area contributed by atoms with E-state index in [0.29, 0.717) is 18.7 Å². The summed E-state index contributed by atoms with van der Waals surface area (Å²) in [7, 11) is 0. The zero-order valence-electron chi connectivity index (χ0n) is 9.19. The Hall–Kier alpha value is -1.35. The average molecular weight is 207 g/mol. The zero-order chi connectivity index (χ0) is 11.3. The summed E-state index contributed by atoms with van der Waals surface area (Å²) in [5, 5.41) is 0. The molecule has 0 bridgehead atoms. The van der Waals surface area contributed by atoms with Crippen LogP contribution in [0.25, 0.3) is 0 Å². The second kappa shape index (κ2) is 4.94. The number of carbonyl (C=O) groups excluding carboxylic acids is 1. The molecule has 1 aromatic rings. The van der Waals surface area contributed by atoms with Crippen LogP contribution in [0.5, 0.6) is 5.75 Å². The third-order valence-corrected chi connectivity index (χ3v) is 2.28. The van der Waals surface area contributed by atoms with E-state index >= 15 is 0 Å². The fourth-order valence-electron chi connectivity index (χ4n) is 1.20. The van der Waals surface area contributed by atoms with Crippen molar-refractivity contribution in [3.63, 3.8) is 0 Å². The highest BCUT2D eigenvalue weighted by Gasteiger charge is 2.28. The van der Waals surface area contributed by atoms with Crippen LogP contribution in [0, 0.1) is 5.41 Å². The summed E-state index contributed by atoms with van der Waals surface area (Å²) in [6.45, 7) is 4.16. The molecule has 0 aromatic heterocycles. The summed E-state index contributed by atoms with van der Waals surface area (Å²) >= 11 is 0. The van der Waals surface area contributed by atoms with Crippen molar-refractivity contribution in [1.82, 2.24) is 0 Å². The van der Waals surface area contributed by atoms with Crippen molar-refractivity contribution >= 4 is 5.97 Å². The summed E-state index contributed by atoms with van der Waals surface area (Å²) in [6, 6.07) is 9.06. The van der Waals surface area contributed by atoms with Gasteiger partial charge in [-0.15, -0.1) is 0 Å². The molecule has 0 aliphatic heterocycles. The molecule has 1 aromatic carbocycles. The Morgan fingerprint density at radius 2 is 1.93 bits per heavy atom. The summed E-state index contributed by atoms with van der Waals surface area (Å²) in [6.07, 6.45) is 0.624. The Morgan fingerprint density at radius 3 is 2.47 bits per heavy atom. The lowest BCUT2D eigenvalue weighted by molar-refractivity contribution is -0.144. The normalized spacial score (nSPS) is 11.1. The molecule has 0 unspecified atom stereocenters. The quantitative estimate of drug-likeness (QED) is 0.606. The van der Waals surface area contributed by atoms with Gasteiger partial charge in [-0.25, -0.2) is 0 Å². The molecule has 3 heteroatoms. The molecular formula is C12H17NO2. The van der Waals surface area contributed by atoms with Gasteiger partial charge >= 0.3 is 5.97 Å². The summed E-state index contributed by atoms with van der Waals surface area (Å²) in [5.41, 5.74) is 4.91. The summed E-state index contributed by atoms with van der Waals surface area (Å²) in [5.74, 6) is 0.340. The van der Waals surface area contributed by atoms with Gasteiger partial charge in [-0.05, 0) is 38.9 Å². The molecule has 2 N–H and O–H groups in total. The molecule has 0 aliphatic rings. The SMILES string of the molecule is CC(C)(CCN)C(=O)Oc1ccccc1. The van der Waals surface area contributed by atoms with Gasteiger partial charge < -0.3 is 10.5 Å². The van der Waals surface area contributed by atoms with Crippen LogP contribution < -0.4 is 10.5 Å². The maximum atomic E-state index is 11.7. The standard InChI is InChI=1S/C12H17NO2/c1-12(2,8-9-13)11(14)15-10-6-4-3-5-7-10/h3-7H,8-9,13H2,1-2H3. The highest BCUT2D eigenvalue weighted by molar-refractivity contribution is 5.78. The first-order valence-corrected chi connectivity index (χ1v) is 5.03. The number of hydrogen-bond acceptors (Lipinski definition) is 3. The molecule has 3 nitrogen and oxygen atoms in total. The van der Waals surface area contributed by atoms with Crippen molar-refractivity contribution in [2.45, 2.75) is 20.3 Å².